The SMILES string of the molecule is CC(C)n1ccc(NCC(F)(F)F)n1. The molecule has 0 aliphatic rings. The van der Waals surface area contributed by atoms with Crippen molar-refractivity contribution in [2.45, 2.75) is 26.1 Å². The Morgan fingerprint density at radius 2 is 2.14 bits per heavy atom. The van der Waals surface area contributed by atoms with Gasteiger partial charge in [0.2, 0.25) is 0 Å². The van der Waals surface area contributed by atoms with Gasteiger partial charge in [0.15, 0.2) is 0 Å². The first-order valence-corrected chi connectivity index (χ1v) is 4.24. The maximum atomic E-state index is 11.8. The Kier molecular flexibility index (Phi) is 3.03. The highest BCUT2D eigenvalue weighted by molar-refractivity contribution is 5.32. The topological polar surface area (TPSA) is 29.9 Å². The van der Waals surface area contributed by atoms with Gasteiger partial charge < -0.3 is 5.32 Å². The molecule has 0 aliphatic carbocycles. The lowest BCUT2D eigenvalue weighted by molar-refractivity contribution is -0.115. The quantitative estimate of drug-likeness (QED) is 0.824. The van der Waals surface area contributed by atoms with E-state index >= 15 is 0 Å². The molecule has 0 spiro atoms. The molecule has 3 nitrogen and oxygen atoms in total. The van der Waals surface area contributed by atoms with E-state index in [0.717, 1.165) is 0 Å². The molecule has 0 atom stereocenters. The largest absolute Gasteiger partial charge is 0.405 e. The Morgan fingerprint density at radius 1 is 1.50 bits per heavy atom. The molecule has 0 amide bonds. The molecule has 1 aromatic rings. The third-order valence-corrected chi connectivity index (χ3v) is 1.61. The van der Waals surface area contributed by atoms with Crippen LogP contribution in [0.5, 0.6) is 0 Å². The molecule has 0 aromatic carbocycles. The van der Waals surface area contributed by atoms with Crippen LogP contribution in [0.4, 0.5) is 19.0 Å². The van der Waals surface area contributed by atoms with Gasteiger partial charge in [-0.1, -0.05) is 0 Å². The van der Waals surface area contributed by atoms with Gasteiger partial charge >= 0.3 is 6.18 Å². The van der Waals surface area contributed by atoms with E-state index in [1.54, 1.807) is 10.9 Å². The van der Waals surface area contributed by atoms with Crippen molar-refractivity contribution >= 4 is 5.82 Å². The maximum Gasteiger partial charge on any atom is 0.405 e. The fourth-order valence-corrected chi connectivity index (χ4v) is 0.911. The molecule has 1 N–H and O–H groups in total. The van der Waals surface area contributed by atoms with E-state index in [1.165, 1.54) is 6.07 Å². The molecule has 0 radical (unpaired) electrons. The number of nitrogens with one attached hydrogen (secondary N) is 1. The maximum absolute atomic E-state index is 11.8. The van der Waals surface area contributed by atoms with Crippen molar-refractivity contribution in [3.05, 3.63) is 12.3 Å². The summed E-state index contributed by atoms with van der Waals surface area (Å²) >= 11 is 0. The first-order chi connectivity index (χ1) is 6.38. The minimum Gasteiger partial charge on any atom is -0.360 e. The molecule has 0 unspecified atom stereocenters. The third-order valence-electron chi connectivity index (χ3n) is 1.61. The Morgan fingerprint density at radius 3 is 2.57 bits per heavy atom. The highest BCUT2D eigenvalue weighted by Crippen LogP contribution is 2.15. The van der Waals surface area contributed by atoms with E-state index in [2.05, 4.69) is 10.4 Å². The molecule has 1 rings (SSSR count). The van der Waals surface area contributed by atoms with Crippen LogP contribution in [0.2, 0.25) is 0 Å². The average molecular weight is 207 g/mol. The van der Waals surface area contributed by atoms with Crippen LogP contribution in [0, 0.1) is 0 Å². The number of halogens is 3. The van der Waals surface area contributed by atoms with Crippen molar-refractivity contribution in [2.24, 2.45) is 0 Å². The Balaban J connectivity index is 2.52. The van der Waals surface area contributed by atoms with Crippen LogP contribution >= 0.6 is 0 Å². The summed E-state index contributed by atoms with van der Waals surface area (Å²) in [5, 5.41) is 6.12. The van der Waals surface area contributed by atoms with E-state index in [-0.39, 0.29) is 11.9 Å². The number of alkyl halides is 3. The van der Waals surface area contributed by atoms with Crippen LogP contribution in [0.1, 0.15) is 19.9 Å². The number of hydrogen-bond donors (Lipinski definition) is 1. The second-order valence-electron chi connectivity index (χ2n) is 3.24. The van der Waals surface area contributed by atoms with E-state index in [0.29, 0.717) is 0 Å². The summed E-state index contributed by atoms with van der Waals surface area (Å²) in [5.74, 6) is 0.246. The zero-order chi connectivity index (χ0) is 10.8. The van der Waals surface area contributed by atoms with Crippen molar-refractivity contribution in [3.63, 3.8) is 0 Å². The van der Waals surface area contributed by atoms with Crippen LogP contribution in [-0.4, -0.2) is 22.5 Å². The molecule has 14 heavy (non-hydrogen) atoms. The van der Waals surface area contributed by atoms with E-state index in [9.17, 15) is 13.2 Å². The number of nitrogens with zero attached hydrogens (tertiary/aromatic N) is 2. The fraction of sp³-hybridized carbons (Fsp3) is 0.625. The highest BCUT2D eigenvalue weighted by Gasteiger charge is 2.26. The lowest BCUT2D eigenvalue weighted by Crippen LogP contribution is -2.21. The summed E-state index contributed by atoms with van der Waals surface area (Å²) in [6.07, 6.45) is -2.56. The summed E-state index contributed by atoms with van der Waals surface area (Å²) < 4.78 is 37.0. The van der Waals surface area contributed by atoms with Gasteiger partial charge in [-0.05, 0) is 13.8 Å². The van der Waals surface area contributed by atoms with E-state index < -0.39 is 12.7 Å². The van der Waals surface area contributed by atoms with Crippen LogP contribution < -0.4 is 5.32 Å². The smallest absolute Gasteiger partial charge is 0.360 e. The summed E-state index contributed by atoms with van der Waals surface area (Å²) in [6, 6.07) is 1.67. The lowest BCUT2D eigenvalue weighted by atomic mass is 10.4. The molecule has 0 saturated heterocycles. The standard InChI is InChI=1S/C8H12F3N3/c1-6(2)14-4-3-7(13-14)12-5-8(9,10)11/h3-4,6H,5H2,1-2H3,(H,12,13). The predicted molar refractivity (Wildman–Crippen MR) is 47.2 cm³/mol. The number of aromatic nitrogens is 2. The van der Waals surface area contributed by atoms with Crippen LogP contribution in [0.3, 0.4) is 0 Å². The van der Waals surface area contributed by atoms with Gasteiger partial charge in [0.1, 0.15) is 12.4 Å². The first-order valence-electron chi connectivity index (χ1n) is 4.24. The molecule has 80 valence electrons. The summed E-state index contributed by atoms with van der Waals surface area (Å²) in [4.78, 5) is 0. The van der Waals surface area contributed by atoms with Gasteiger partial charge in [-0.15, -0.1) is 0 Å². The van der Waals surface area contributed by atoms with Crippen molar-refractivity contribution in [1.29, 1.82) is 0 Å². The Bertz CT molecular complexity index is 290. The third kappa shape index (κ3) is 3.27. The van der Waals surface area contributed by atoms with Gasteiger partial charge in [0.25, 0.3) is 0 Å². The molecule has 0 aliphatic heterocycles. The van der Waals surface area contributed by atoms with Gasteiger partial charge in [0.05, 0.1) is 0 Å². The van der Waals surface area contributed by atoms with Gasteiger partial charge in [-0.3, -0.25) is 4.68 Å². The van der Waals surface area contributed by atoms with Gasteiger partial charge in [-0.2, -0.15) is 18.3 Å². The molecule has 6 heteroatoms. The zero-order valence-electron chi connectivity index (χ0n) is 7.97. The van der Waals surface area contributed by atoms with Crippen molar-refractivity contribution in [3.8, 4) is 0 Å². The van der Waals surface area contributed by atoms with Gasteiger partial charge in [0, 0.05) is 18.3 Å². The highest BCUT2D eigenvalue weighted by atomic mass is 19.4. The predicted octanol–water partition coefficient (Wildman–Crippen LogP) is 2.44. The van der Waals surface area contributed by atoms with E-state index in [4.69, 9.17) is 0 Å². The van der Waals surface area contributed by atoms with Crippen molar-refractivity contribution in [2.75, 3.05) is 11.9 Å². The monoisotopic (exact) mass is 207 g/mol. The molecule has 0 saturated carbocycles. The molecule has 1 aromatic heterocycles. The van der Waals surface area contributed by atoms with Crippen molar-refractivity contribution in [1.82, 2.24) is 9.78 Å². The molecule has 0 fully saturated rings. The number of anilines is 1. The summed E-state index contributed by atoms with van der Waals surface area (Å²) in [5.41, 5.74) is 0. The van der Waals surface area contributed by atoms with Crippen LogP contribution in [-0.2, 0) is 0 Å². The molecular weight excluding hydrogens is 195 g/mol. The Hall–Kier alpha value is -1.20. The lowest BCUT2D eigenvalue weighted by Gasteiger charge is -2.07. The van der Waals surface area contributed by atoms with Crippen LogP contribution in [0.15, 0.2) is 12.3 Å². The van der Waals surface area contributed by atoms with Crippen LogP contribution in [0.25, 0.3) is 0 Å². The average Bonchev–Trinajstić information content (AvgIpc) is 2.47. The van der Waals surface area contributed by atoms with Gasteiger partial charge in [-0.25, -0.2) is 0 Å². The molecule has 1 heterocycles. The van der Waals surface area contributed by atoms with E-state index in [1.807, 2.05) is 13.8 Å². The minimum atomic E-state index is -4.21. The zero-order valence-corrected chi connectivity index (χ0v) is 7.97. The Labute approximate surface area is 79.9 Å². The fourth-order valence-electron chi connectivity index (χ4n) is 0.911. The normalized spacial score (nSPS) is 12.1. The minimum absolute atomic E-state index is 0.149. The summed E-state index contributed by atoms with van der Waals surface area (Å²) in [7, 11) is 0. The second kappa shape index (κ2) is 3.89. The molecular formula is C8H12F3N3. The molecule has 0 bridgehead atoms. The summed E-state index contributed by atoms with van der Waals surface area (Å²) in [6.45, 7) is 2.75. The first kappa shape index (κ1) is 10.9. The number of hydrogen-bond acceptors (Lipinski definition) is 2. The number of rotatable bonds is 3. The second-order valence-corrected chi connectivity index (χ2v) is 3.24. The van der Waals surface area contributed by atoms with Crippen molar-refractivity contribution < 1.29 is 13.2 Å².